The first-order chi connectivity index (χ1) is 13.4. The molecule has 8 nitrogen and oxygen atoms in total. The molecule has 2 aromatic rings. The Hall–Kier alpha value is -2.52. The normalized spacial score (nSPS) is 15.4. The number of likely N-dealkylation sites (tertiary alicyclic amines) is 1. The molecule has 0 spiro atoms. The van der Waals surface area contributed by atoms with Crippen molar-refractivity contribution in [1.82, 2.24) is 9.88 Å². The van der Waals surface area contributed by atoms with Gasteiger partial charge in [0.15, 0.2) is 17.5 Å². The number of para-hydroxylation sites is 2. The van der Waals surface area contributed by atoms with E-state index in [9.17, 15) is 14.9 Å². The topological polar surface area (TPSA) is 97.6 Å². The Kier molecular flexibility index (Phi) is 6.58. The number of ether oxygens (including phenoxy) is 1. The maximum absolute atomic E-state index is 12.2. The number of nitro groups is 1. The first kappa shape index (κ1) is 20.2. The average Bonchev–Trinajstić information content (AvgIpc) is 3.00. The monoisotopic (exact) mass is 404 g/mol. The Morgan fingerprint density at radius 2 is 2.11 bits per heavy atom. The van der Waals surface area contributed by atoms with E-state index in [1.54, 1.807) is 12.1 Å². The number of aromatic nitrogens is 1. The molecule has 0 aliphatic carbocycles. The fourth-order valence-corrected chi connectivity index (χ4v) is 4.10. The maximum atomic E-state index is 12.2. The SMILES string of the molecule is Cc1nc(NC(=O)COc2ccccc2[N+](=O)[O-])sc1CN1CCC(C)CC1. The molecule has 0 atom stereocenters. The minimum Gasteiger partial charge on any atom is -0.477 e. The van der Waals surface area contributed by atoms with E-state index in [1.165, 1.54) is 36.3 Å². The summed E-state index contributed by atoms with van der Waals surface area (Å²) in [5.41, 5.74) is 0.747. The molecule has 1 aromatic heterocycles. The van der Waals surface area contributed by atoms with Gasteiger partial charge in [0.05, 0.1) is 10.6 Å². The van der Waals surface area contributed by atoms with Crippen molar-refractivity contribution in [3.63, 3.8) is 0 Å². The van der Waals surface area contributed by atoms with Gasteiger partial charge < -0.3 is 4.74 Å². The number of nitrogens with zero attached hydrogens (tertiary/aromatic N) is 3. The van der Waals surface area contributed by atoms with Gasteiger partial charge >= 0.3 is 5.69 Å². The van der Waals surface area contributed by atoms with Gasteiger partial charge in [-0.1, -0.05) is 19.1 Å². The van der Waals surface area contributed by atoms with E-state index in [-0.39, 0.29) is 18.0 Å². The molecule has 2 heterocycles. The van der Waals surface area contributed by atoms with Gasteiger partial charge in [-0.15, -0.1) is 11.3 Å². The summed E-state index contributed by atoms with van der Waals surface area (Å²) in [5, 5.41) is 14.2. The van der Waals surface area contributed by atoms with Crippen LogP contribution >= 0.6 is 11.3 Å². The van der Waals surface area contributed by atoms with Gasteiger partial charge in [0.1, 0.15) is 0 Å². The quantitative estimate of drug-likeness (QED) is 0.559. The lowest BCUT2D eigenvalue weighted by Crippen LogP contribution is -2.32. The number of carbonyl (C=O) groups excluding carboxylic acids is 1. The van der Waals surface area contributed by atoms with E-state index < -0.39 is 10.8 Å². The number of nitro benzene ring substituents is 1. The molecule has 28 heavy (non-hydrogen) atoms. The number of anilines is 1. The van der Waals surface area contributed by atoms with Crippen LogP contribution < -0.4 is 10.1 Å². The molecule has 0 bridgehead atoms. The molecule has 1 aliphatic heterocycles. The smallest absolute Gasteiger partial charge is 0.310 e. The van der Waals surface area contributed by atoms with Gasteiger partial charge in [0.2, 0.25) is 0 Å². The molecular formula is C19H24N4O4S. The number of hydrogen-bond acceptors (Lipinski definition) is 7. The number of piperidine rings is 1. The molecule has 0 saturated carbocycles. The number of amides is 1. The number of thiazole rings is 1. The Morgan fingerprint density at radius 3 is 2.82 bits per heavy atom. The number of hydrogen-bond donors (Lipinski definition) is 1. The zero-order chi connectivity index (χ0) is 20.1. The van der Waals surface area contributed by atoms with Gasteiger partial charge in [0.25, 0.3) is 5.91 Å². The number of carbonyl (C=O) groups is 1. The Labute approximate surface area is 167 Å². The molecule has 1 saturated heterocycles. The minimum atomic E-state index is -0.537. The molecular weight excluding hydrogens is 380 g/mol. The summed E-state index contributed by atoms with van der Waals surface area (Å²) in [6, 6.07) is 5.98. The van der Waals surface area contributed by atoms with Crippen molar-refractivity contribution in [2.45, 2.75) is 33.2 Å². The van der Waals surface area contributed by atoms with Gasteiger partial charge in [-0.2, -0.15) is 0 Å². The van der Waals surface area contributed by atoms with Gasteiger partial charge in [-0.25, -0.2) is 4.98 Å². The van der Waals surface area contributed by atoms with Crippen LogP contribution in [0.4, 0.5) is 10.8 Å². The third-order valence-electron chi connectivity index (χ3n) is 4.80. The van der Waals surface area contributed by atoms with E-state index in [0.29, 0.717) is 5.13 Å². The summed E-state index contributed by atoms with van der Waals surface area (Å²) in [5.74, 6) is 0.456. The van der Waals surface area contributed by atoms with Crippen molar-refractivity contribution in [2.24, 2.45) is 5.92 Å². The van der Waals surface area contributed by atoms with Gasteiger partial charge in [-0.05, 0) is 44.8 Å². The summed E-state index contributed by atoms with van der Waals surface area (Å²) in [6.07, 6.45) is 2.43. The molecule has 0 radical (unpaired) electrons. The zero-order valence-corrected chi connectivity index (χ0v) is 16.8. The second-order valence-corrected chi connectivity index (χ2v) is 8.13. The average molecular weight is 404 g/mol. The van der Waals surface area contributed by atoms with Crippen molar-refractivity contribution < 1.29 is 14.5 Å². The first-order valence-electron chi connectivity index (χ1n) is 9.27. The van der Waals surface area contributed by atoms with Crippen molar-refractivity contribution in [1.29, 1.82) is 0 Å². The van der Waals surface area contributed by atoms with Gasteiger partial charge in [0, 0.05) is 17.5 Å². The van der Waals surface area contributed by atoms with Crippen LogP contribution in [-0.2, 0) is 11.3 Å². The van der Waals surface area contributed by atoms with Gasteiger partial charge in [-0.3, -0.25) is 25.1 Å². The standard InChI is InChI=1S/C19H24N4O4S/c1-13-7-9-22(10-8-13)11-17-14(2)20-19(28-17)21-18(24)12-27-16-6-4-3-5-15(16)23(25)26/h3-6,13H,7-12H2,1-2H3,(H,20,21,24). The van der Waals surface area contributed by atoms with E-state index in [1.807, 2.05) is 6.92 Å². The third-order valence-corrected chi connectivity index (χ3v) is 5.86. The Morgan fingerprint density at radius 1 is 1.39 bits per heavy atom. The van der Waals surface area contributed by atoms with Crippen LogP contribution in [0.1, 0.15) is 30.3 Å². The van der Waals surface area contributed by atoms with Crippen LogP contribution in [-0.4, -0.2) is 40.4 Å². The predicted octanol–water partition coefficient (Wildman–Crippen LogP) is 3.61. The summed E-state index contributed by atoms with van der Waals surface area (Å²) in [6.45, 7) is 6.93. The van der Waals surface area contributed by atoms with Crippen molar-refractivity contribution in [3.05, 3.63) is 45.0 Å². The minimum absolute atomic E-state index is 0.0676. The largest absolute Gasteiger partial charge is 0.477 e. The van der Waals surface area contributed by atoms with E-state index in [4.69, 9.17) is 4.74 Å². The fourth-order valence-electron chi connectivity index (χ4n) is 3.08. The number of rotatable bonds is 7. The zero-order valence-electron chi connectivity index (χ0n) is 16.0. The van der Waals surface area contributed by atoms with Crippen LogP contribution in [0.25, 0.3) is 0 Å². The highest BCUT2D eigenvalue weighted by Crippen LogP contribution is 2.27. The summed E-state index contributed by atoms with van der Waals surface area (Å²) < 4.78 is 5.32. The van der Waals surface area contributed by atoms with Crippen LogP contribution in [0.15, 0.2) is 24.3 Å². The number of aryl methyl sites for hydroxylation is 1. The highest BCUT2D eigenvalue weighted by molar-refractivity contribution is 7.15. The molecule has 1 fully saturated rings. The highest BCUT2D eigenvalue weighted by Gasteiger charge is 2.19. The second-order valence-electron chi connectivity index (χ2n) is 7.05. The van der Waals surface area contributed by atoms with Crippen LogP contribution in [0.3, 0.4) is 0 Å². The van der Waals surface area contributed by atoms with Crippen molar-refractivity contribution in [2.75, 3.05) is 25.0 Å². The fraction of sp³-hybridized carbons (Fsp3) is 0.474. The predicted molar refractivity (Wildman–Crippen MR) is 108 cm³/mol. The number of benzene rings is 1. The summed E-state index contributed by atoms with van der Waals surface area (Å²) in [7, 11) is 0. The molecule has 1 N–H and O–H groups in total. The summed E-state index contributed by atoms with van der Waals surface area (Å²) in [4.78, 5) is 30.6. The molecule has 1 amide bonds. The van der Waals surface area contributed by atoms with E-state index in [0.717, 1.165) is 36.1 Å². The molecule has 9 heteroatoms. The molecule has 3 rings (SSSR count). The first-order valence-corrected chi connectivity index (χ1v) is 10.1. The lowest BCUT2D eigenvalue weighted by Gasteiger charge is -2.29. The van der Waals surface area contributed by atoms with Crippen LogP contribution in [0, 0.1) is 23.0 Å². The highest BCUT2D eigenvalue weighted by atomic mass is 32.1. The molecule has 1 aromatic carbocycles. The van der Waals surface area contributed by atoms with E-state index >= 15 is 0 Å². The van der Waals surface area contributed by atoms with E-state index in [2.05, 4.69) is 22.1 Å². The Balaban J connectivity index is 1.54. The number of nitrogens with one attached hydrogen (secondary N) is 1. The van der Waals surface area contributed by atoms with Crippen molar-refractivity contribution >= 4 is 28.1 Å². The van der Waals surface area contributed by atoms with Crippen molar-refractivity contribution in [3.8, 4) is 5.75 Å². The maximum Gasteiger partial charge on any atom is 0.310 e. The Bertz CT molecular complexity index is 846. The van der Waals surface area contributed by atoms with Crippen LogP contribution in [0.2, 0.25) is 0 Å². The molecule has 0 unspecified atom stereocenters. The second kappa shape index (κ2) is 9.11. The lowest BCUT2D eigenvalue weighted by molar-refractivity contribution is -0.385. The molecule has 150 valence electrons. The van der Waals surface area contributed by atoms with Crippen LogP contribution in [0.5, 0.6) is 5.75 Å². The molecule has 1 aliphatic rings. The third kappa shape index (κ3) is 5.26. The summed E-state index contributed by atoms with van der Waals surface area (Å²) >= 11 is 1.46. The lowest BCUT2D eigenvalue weighted by atomic mass is 9.99.